The van der Waals surface area contributed by atoms with Crippen LogP contribution in [0.2, 0.25) is 5.02 Å². The molecule has 0 bridgehead atoms. The van der Waals surface area contributed by atoms with E-state index in [1.807, 2.05) is 30.3 Å². The van der Waals surface area contributed by atoms with Crippen molar-refractivity contribution < 1.29 is 13.2 Å². The first-order valence-corrected chi connectivity index (χ1v) is 11.9. The van der Waals surface area contributed by atoms with Crippen molar-refractivity contribution in [3.8, 4) is 0 Å². The van der Waals surface area contributed by atoms with E-state index in [0.29, 0.717) is 43.3 Å². The first-order valence-electron chi connectivity index (χ1n) is 10.1. The highest BCUT2D eigenvalue weighted by atomic mass is 35.5. The monoisotopic (exact) mass is 458 g/mol. The molecule has 1 amide bonds. The summed E-state index contributed by atoms with van der Waals surface area (Å²) in [6.45, 7) is 1.14. The van der Waals surface area contributed by atoms with Gasteiger partial charge in [-0.1, -0.05) is 60.1 Å². The lowest BCUT2D eigenvalue weighted by Gasteiger charge is -2.30. The van der Waals surface area contributed by atoms with Crippen LogP contribution in [0.25, 0.3) is 0 Å². The van der Waals surface area contributed by atoms with Gasteiger partial charge < -0.3 is 5.32 Å². The fourth-order valence-corrected chi connectivity index (χ4v) is 5.34. The van der Waals surface area contributed by atoms with Crippen LogP contribution in [0.5, 0.6) is 0 Å². The number of benzene rings is 2. The third-order valence-electron chi connectivity index (χ3n) is 5.35. The predicted molar refractivity (Wildman–Crippen MR) is 119 cm³/mol. The standard InChI is InChI=1S/C22H23ClN4O3S/c23-20-16-26(15-17-7-3-1-4-8-17)25-21(20)24-22(28)18-11-13-27(14-12-18)31(29,30)19-9-5-2-6-10-19/h1-10,16,18H,11-15H2,(H,24,25,28). The molecule has 1 fully saturated rings. The quantitative estimate of drug-likeness (QED) is 0.611. The maximum absolute atomic E-state index is 12.7. The second kappa shape index (κ2) is 9.21. The fourth-order valence-electron chi connectivity index (χ4n) is 3.65. The predicted octanol–water partition coefficient (Wildman–Crippen LogP) is 3.62. The molecule has 0 radical (unpaired) electrons. The smallest absolute Gasteiger partial charge is 0.243 e. The van der Waals surface area contributed by atoms with Gasteiger partial charge in [0.05, 0.1) is 11.4 Å². The van der Waals surface area contributed by atoms with Crippen molar-refractivity contribution in [3.63, 3.8) is 0 Å². The van der Waals surface area contributed by atoms with Crippen LogP contribution in [-0.4, -0.2) is 41.5 Å². The Labute approximate surface area is 186 Å². The lowest BCUT2D eigenvalue weighted by Crippen LogP contribution is -2.41. The average Bonchev–Trinajstić information content (AvgIpc) is 3.13. The third kappa shape index (κ3) is 4.98. The number of carbonyl (C=O) groups excluding carboxylic acids is 1. The number of nitrogens with zero attached hydrogens (tertiary/aromatic N) is 3. The van der Waals surface area contributed by atoms with E-state index in [9.17, 15) is 13.2 Å². The Balaban J connectivity index is 1.35. The minimum Gasteiger partial charge on any atom is -0.308 e. The number of rotatable bonds is 6. The molecule has 0 unspecified atom stereocenters. The minimum atomic E-state index is -3.54. The van der Waals surface area contributed by atoms with E-state index in [4.69, 9.17) is 11.6 Å². The Morgan fingerprint density at radius 1 is 1.03 bits per heavy atom. The summed E-state index contributed by atoms with van der Waals surface area (Å²) in [5, 5.41) is 7.55. The maximum atomic E-state index is 12.7. The van der Waals surface area contributed by atoms with Crippen molar-refractivity contribution in [2.75, 3.05) is 18.4 Å². The van der Waals surface area contributed by atoms with E-state index in [1.54, 1.807) is 41.2 Å². The summed E-state index contributed by atoms with van der Waals surface area (Å²) < 4.78 is 28.6. The molecule has 1 N–H and O–H groups in total. The van der Waals surface area contributed by atoms with Crippen molar-refractivity contribution >= 4 is 33.3 Å². The zero-order valence-corrected chi connectivity index (χ0v) is 18.4. The summed E-state index contributed by atoms with van der Waals surface area (Å²) in [4.78, 5) is 13.0. The molecule has 1 aliphatic heterocycles. The van der Waals surface area contributed by atoms with E-state index in [2.05, 4.69) is 10.4 Å². The number of amides is 1. The highest BCUT2D eigenvalue weighted by molar-refractivity contribution is 7.89. The van der Waals surface area contributed by atoms with Gasteiger partial charge in [0.1, 0.15) is 5.02 Å². The van der Waals surface area contributed by atoms with Gasteiger partial charge in [-0.25, -0.2) is 8.42 Å². The molecule has 0 atom stereocenters. The van der Waals surface area contributed by atoms with Gasteiger partial charge in [0.25, 0.3) is 0 Å². The van der Waals surface area contributed by atoms with Gasteiger partial charge in [0, 0.05) is 25.2 Å². The first kappa shape index (κ1) is 21.5. The number of hydrogen-bond donors (Lipinski definition) is 1. The molecule has 7 nitrogen and oxygen atoms in total. The molecule has 9 heteroatoms. The molecule has 1 aliphatic rings. The van der Waals surface area contributed by atoms with Crippen molar-refractivity contribution in [2.24, 2.45) is 5.92 Å². The fraction of sp³-hybridized carbons (Fsp3) is 0.273. The molecule has 4 rings (SSSR count). The van der Waals surface area contributed by atoms with E-state index in [-0.39, 0.29) is 16.7 Å². The van der Waals surface area contributed by atoms with Crippen LogP contribution in [-0.2, 0) is 21.4 Å². The number of halogens is 1. The largest absolute Gasteiger partial charge is 0.308 e. The number of anilines is 1. The van der Waals surface area contributed by atoms with Crippen molar-refractivity contribution in [2.45, 2.75) is 24.3 Å². The zero-order valence-electron chi connectivity index (χ0n) is 16.8. The number of nitrogens with one attached hydrogen (secondary N) is 1. The van der Waals surface area contributed by atoms with E-state index in [0.717, 1.165) is 5.56 Å². The van der Waals surface area contributed by atoms with Gasteiger partial charge in [-0.05, 0) is 30.5 Å². The minimum absolute atomic E-state index is 0.191. The molecule has 2 aromatic carbocycles. The SMILES string of the molecule is O=C(Nc1nn(Cc2ccccc2)cc1Cl)C1CCN(S(=O)(=O)c2ccccc2)CC1. The number of hydrogen-bond acceptors (Lipinski definition) is 4. The topological polar surface area (TPSA) is 84.3 Å². The summed E-state index contributed by atoms with van der Waals surface area (Å²) in [6.07, 6.45) is 2.57. The Bertz CT molecular complexity index is 1140. The van der Waals surface area contributed by atoms with Crippen LogP contribution in [0.15, 0.2) is 71.8 Å². The average molecular weight is 459 g/mol. The van der Waals surface area contributed by atoms with Gasteiger partial charge in [0.15, 0.2) is 5.82 Å². The zero-order chi connectivity index (χ0) is 21.8. The van der Waals surface area contributed by atoms with Gasteiger partial charge in [-0.15, -0.1) is 0 Å². The summed E-state index contributed by atoms with van der Waals surface area (Å²) in [5.41, 5.74) is 1.08. The number of sulfonamides is 1. The second-order valence-corrected chi connectivity index (χ2v) is 9.83. The number of aromatic nitrogens is 2. The number of piperidine rings is 1. The molecule has 3 aromatic rings. The van der Waals surface area contributed by atoms with Crippen LogP contribution in [0.4, 0.5) is 5.82 Å². The normalized spacial score (nSPS) is 15.6. The van der Waals surface area contributed by atoms with Crippen LogP contribution in [0.1, 0.15) is 18.4 Å². The number of carbonyl (C=O) groups is 1. The second-order valence-electron chi connectivity index (χ2n) is 7.49. The molecule has 31 heavy (non-hydrogen) atoms. The van der Waals surface area contributed by atoms with E-state index < -0.39 is 10.0 Å². The lowest BCUT2D eigenvalue weighted by molar-refractivity contribution is -0.120. The van der Waals surface area contributed by atoms with Gasteiger partial charge in [-0.3, -0.25) is 9.48 Å². The molecule has 162 valence electrons. The van der Waals surface area contributed by atoms with Gasteiger partial charge in [0.2, 0.25) is 15.9 Å². The van der Waals surface area contributed by atoms with Crippen molar-refractivity contribution in [1.29, 1.82) is 0 Å². The maximum Gasteiger partial charge on any atom is 0.243 e. The van der Waals surface area contributed by atoms with Crippen molar-refractivity contribution in [1.82, 2.24) is 14.1 Å². The molecule has 1 saturated heterocycles. The van der Waals surface area contributed by atoms with Gasteiger partial charge in [-0.2, -0.15) is 9.40 Å². The van der Waals surface area contributed by atoms with Crippen LogP contribution in [0.3, 0.4) is 0 Å². The van der Waals surface area contributed by atoms with Gasteiger partial charge >= 0.3 is 0 Å². The summed E-state index contributed by atoms with van der Waals surface area (Å²) in [5.74, 6) is -0.164. The molecule has 0 spiro atoms. The molecule has 2 heterocycles. The van der Waals surface area contributed by atoms with E-state index in [1.165, 1.54) is 4.31 Å². The lowest BCUT2D eigenvalue weighted by atomic mass is 9.97. The Hall–Kier alpha value is -2.68. The Morgan fingerprint density at radius 2 is 1.65 bits per heavy atom. The van der Waals surface area contributed by atoms with Crippen molar-refractivity contribution in [3.05, 3.63) is 77.4 Å². The summed E-state index contributed by atoms with van der Waals surface area (Å²) >= 11 is 6.26. The van der Waals surface area contributed by atoms with E-state index >= 15 is 0 Å². The first-order chi connectivity index (χ1) is 14.9. The highest BCUT2D eigenvalue weighted by Gasteiger charge is 2.32. The molecule has 0 saturated carbocycles. The molecule has 0 aliphatic carbocycles. The molecule has 1 aromatic heterocycles. The van der Waals surface area contributed by atoms with Crippen LogP contribution < -0.4 is 5.32 Å². The highest BCUT2D eigenvalue weighted by Crippen LogP contribution is 2.26. The summed E-state index contributed by atoms with van der Waals surface area (Å²) in [6, 6.07) is 18.2. The third-order valence-corrected chi connectivity index (χ3v) is 7.54. The molecular weight excluding hydrogens is 436 g/mol. The Morgan fingerprint density at radius 3 is 2.29 bits per heavy atom. The van der Waals surface area contributed by atoms with Crippen LogP contribution in [0, 0.1) is 5.92 Å². The molecular formula is C22H23ClN4O3S. The summed E-state index contributed by atoms with van der Waals surface area (Å²) in [7, 11) is -3.54. The van der Waals surface area contributed by atoms with Crippen LogP contribution >= 0.6 is 11.6 Å². The Kier molecular flexibility index (Phi) is 6.41.